The number of phenols is 1. The van der Waals surface area contributed by atoms with Gasteiger partial charge in [-0.1, -0.05) is 39.7 Å². The summed E-state index contributed by atoms with van der Waals surface area (Å²) < 4.78 is 5.40. The van der Waals surface area contributed by atoms with E-state index >= 15 is 0 Å². The van der Waals surface area contributed by atoms with Crippen molar-refractivity contribution in [2.24, 2.45) is 5.92 Å². The van der Waals surface area contributed by atoms with Crippen LogP contribution >= 0.6 is 0 Å². The molecule has 0 bridgehead atoms. The van der Waals surface area contributed by atoms with Gasteiger partial charge in [0.1, 0.15) is 23.4 Å². The number of hydrogen-bond acceptors (Lipinski definition) is 5. The van der Waals surface area contributed by atoms with E-state index in [0.29, 0.717) is 17.7 Å². The van der Waals surface area contributed by atoms with Crippen molar-refractivity contribution in [3.8, 4) is 5.75 Å². The molecular weight excluding hydrogens is 458 g/mol. The Morgan fingerprint density at radius 2 is 1.67 bits per heavy atom. The van der Waals surface area contributed by atoms with Crippen molar-refractivity contribution >= 4 is 17.9 Å². The number of unbranched alkanes of at least 4 members (excludes halogenated alkanes) is 2. The summed E-state index contributed by atoms with van der Waals surface area (Å²) in [6.07, 6.45) is 2.15. The number of carbonyl (C=O) groups excluding carboxylic acids is 3. The van der Waals surface area contributed by atoms with E-state index in [2.05, 4.69) is 17.6 Å². The summed E-state index contributed by atoms with van der Waals surface area (Å²) in [5.41, 5.74) is -0.300. The standard InChI is InChI=1S/C28H47N3O5/c1-11-12-13-16-29-24(33)23(20-14-15-21(32)19(4)17-20)31(27(5,6)7)25(34)22(18(2)3)30-26(35)36-28(8,9)10/h14-15,17-18,22-23,32H,11-13,16H2,1-10H3,(H,29,33)(H,30,35). The topological polar surface area (TPSA) is 108 Å². The van der Waals surface area contributed by atoms with Crippen molar-refractivity contribution in [3.05, 3.63) is 29.3 Å². The summed E-state index contributed by atoms with van der Waals surface area (Å²) in [6.45, 7) is 18.9. The maximum absolute atomic E-state index is 14.1. The fraction of sp³-hybridized carbons (Fsp3) is 0.679. The Hall–Kier alpha value is -2.77. The average Bonchev–Trinajstić information content (AvgIpc) is 2.72. The van der Waals surface area contributed by atoms with E-state index in [-0.39, 0.29) is 23.5 Å². The van der Waals surface area contributed by atoms with Gasteiger partial charge in [-0.05, 0) is 84.1 Å². The molecular formula is C28H47N3O5. The molecule has 3 N–H and O–H groups in total. The van der Waals surface area contributed by atoms with Gasteiger partial charge in [-0.2, -0.15) is 0 Å². The SMILES string of the molecule is CCCCCNC(=O)C(c1ccc(O)c(C)c1)N(C(=O)C(NC(=O)OC(C)(C)C)C(C)C)C(C)(C)C. The van der Waals surface area contributed by atoms with E-state index in [1.807, 2.05) is 34.6 Å². The zero-order chi connectivity index (χ0) is 27.8. The fourth-order valence-electron chi connectivity index (χ4n) is 3.89. The number of ether oxygens (including phenoxy) is 1. The Morgan fingerprint density at radius 3 is 2.14 bits per heavy atom. The highest BCUT2D eigenvalue weighted by Crippen LogP contribution is 2.32. The summed E-state index contributed by atoms with van der Waals surface area (Å²) in [5.74, 6) is -0.840. The molecule has 0 aliphatic carbocycles. The van der Waals surface area contributed by atoms with E-state index < -0.39 is 29.3 Å². The van der Waals surface area contributed by atoms with Gasteiger partial charge in [0.15, 0.2) is 0 Å². The van der Waals surface area contributed by atoms with Gasteiger partial charge in [0.25, 0.3) is 0 Å². The monoisotopic (exact) mass is 505 g/mol. The minimum absolute atomic E-state index is 0.112. The predicted octanol–water partition coefficient (Wildman–Crippen LogP) is 5.22. The quantitative estimate of drug-likeness (QED) is 0.378. The van der Waals surface area contributed by atoms with Crippen LogP contribution in [-0.4, -0.2) is 51.6 Å². The molecule has 0 aliphatic rings. The molecule has 2 atom stereocenters. The summed E-state index contributed by atoms with van der Waals surface area (Å²) in [7, 11) is 0. The largest absolute Gasteiger partial charge is 0.508 e. The Balaban J connectivity index is 3.52. The molecule has 8 nitrogen and oxygen atoms in total. The molecule has 8 heteroatoms. The first-order chi connectivity index (χ1) is 16.5. The number of phenolic OH excluding ortho intramolecular Hbond substituents is 1. The van der Waals surface area contributed by atoms with E-state index in [4.69, 9.17) is 4.74 Å². The fourth-order valence-corrected chi connectivity index (χ4v) is 3.89. The minimum Gasteiger partial charge on any atom is -0.508 e. The molecule has 0 saturated heterocycles. The Bertz CT molecular complexity index is 899. The molecule has 2 unspecified atom stereocenters. The molecule has 0 saturated carbocycles. The number of aromatic hydroxyl groups is 1. The van der Waals surface area contributed by atoms with Crippen molar-refractivity contribution in [1.82, 2.24) is 15.5 Å². The van der Waals surface area contributed by atoms with Crippen LogP contribution in [0.25, 0.3) is 0 Å². The van der Waals surface area contributed by atoms with Crippen LogP contribution in [0.1, 0.15) is 98.7 Å². The van der Waals surface area contributed by atoms with Crippen LogP contribution in [-0.2, 0) is 14.3 Å². The van der Waals surface area contributed by atoms with Gasteiger partial charge >= 0.3 is 6.09 Å². The van der Waals surface area contributed by atoms with Crippen LogP contribution in [0.4, 0.5) is 4.79 Å². The highest BCUT2D eigenvalue weighted by atomic mass is 16.6. The van der Waals surface area contributed by atoms with Gasteiger partial charge in [0.05, 0.1) is 0 Å². The molecule has 204 valence electrons. The lowest BCUT2D eigenvalue weighted by molar-refractivity contribution is -0.149. The molecule has 36 heavy (non-hydrogen) atoms. The van der Waals surface area contributed by atoms with Gasteiger partial charge < -0.3 is 25.4 Å². The normalized spacial score (nSPS) is 13.6. The molecule has 0 aliphatic heterocycles. The van der Waals surface area contributed by atoms with Crippen molar-refractivity contribution in [2.45, 2.75) is 112 Å². The summed E-state index contributed by atoms with van der Waals surface area (Å²) >= 11 is 0. The number of carbonyl (C=O) groups is 3. The molecule has 0 fully saturated rings. The summed E-state index contributed by atoms with van der Waals surface area (Å²) in [4.78, 5) is 41.9. The average molecular weight is 506 g/mol. The lowest BCUT2D eigenvalue weighted by atomic mass is 9.92. The second-order valence-electron chi connectivity index (χ2n) is 11.7. The first kappa shape index (κ1) is 31.3. The lowest BCUT2D eigenvalue weighted by Gasteiger charge is -2.43. The third kappa shape index (κ3) is 9.36. The molecule has 0 radical (unpaired) electrons. The van der Waals surface area contributed by atoms with Crippen molar-refractivity contribution in [2.75, 3.05) is 6.54 Å². The number of amides is 3. The molecule has 0 spiro atoms. The number of hydrogen-bond donors (Lipinski definition) is 3. The number of nitrogens with one attached hydrogen (secondary N) is 2. The molecule has 0 aromatic heterocycles. The van der Waals surface area contributed by atoms with Crippen LogP contribution in [0.15, 0.2) is 18.2 Å². The minimum atomic E-state index is -0.958. The third-order valence-electron chi connectivity index (χ3n) is 5.69. The van der Waals surface area contributed by atoms with E-state index in [0.717, 1.165) is 19.3 Å². The van der Waals surface area contributed by atoms with E-state index in [9.17, 15) is 19.5 Å². The van der Waals surface area contributed by atoms with Crippen molar-refractivity contribution in [1.29, 1.82) is 0 Å². The second kappa shape index (κ2) is 13.0. The number of benzene rings is 1. The van der Waals surface area contributed by atoms with E-state index in [1.54, 1.807) is 39.8 Å². The molecule has 1 aromatic rings. The number of nitrogens with zero attached hydrogens (tertiary/aromatic N) is 1. The molecule has 3 amide bonds. The zero-order valence-electron chi connectivity index (χ0n) is 23.8. The Kier molecular flexibility index (Phi) is 11.3. The van der Waals surface area contributed by atoms with Gasteiger partial charge in [-0.15, -0.1) is 0 Å². The van der Waals surface area contributed by atoms with Crippen LogP contribution in [0.3, 0.4) is 0 Å². The maximum atomic E-state index is 14.1. The van der Waals surface area contributed by atoms with Gasteiger partial charge in [-0.3, -0.25) is 9.59 Å². The first-order valence-electron chi connectivity index (χ1n) is 12.9. The number of rotatable bonds is 10. The van der Waals surface area contributed by atoms with Crippen LogP contribution in [0.2, 0.25) is 0 Å². The second-order valence-corrected chi connectivity index (χ2v) is 11.7. The van der Waals surface area contributed by atoms with Crippen molar-refractivity contribution < 1.29 is 24.2 Å². The smallest absolute Gasteiger partial charge is 0.408 e. The third-order valence-corrected chi connectivity index (χ3v) is 5.69. The molecule has 1 aromatic carbocycles. The Labute approximate surface area is 217 Å². The maximum Gasteiger partial charge on any atom is 0.408 e. The lowest BCUT2D eigenvalue weighted by Crippen LogP contribution is -2.59. The van der Waals surface area contributed by atoms with Crippen LogP contribution in [0, 0.1) is 12.8 Å². The van der Waals surface area contributed by atoms with Crippen LogP contribution < -0.4 is 10.6 Å². The first-order valence-corrected chi connectivity index (χ1v) is 12.9. The highest BCUT2D eigenvalue weighted by Gasteiger charge is 2.42. The Morgan fingerprint density at radius 1 is 1.06 bits per heavy atom. The predicted molar refractivity (Wildman–Crippen MR) is 143 cm³/mol. The summed E-state index contributed by atoms with van der Waals surface area (Å²) in [5, 5.41) is 15.8. The van der Waals surface area contributed by atoms with Gasteiger partial charge in [0.2, 0.25) is 11.8 Å². The number of aryl methyl sites for hydroxylation is 1. The zero-order valence-corrected chi connectivity index (χ0v) is 23.8. The number of alkyl carbamates (subject to hydrolysis) is 1. The van der Waals surface area contributed by atoms with E-state index in [1.165, 1.54) is 11.0 Å². The highest BCUT2D eigenvalue weighted by molar-refractivity contribution is 5.92. The summed E-state index contributed by atoms with van der Waals surface area (Å²) in [6, 6.07) is 3.05. The molecule has 0 heterocycles. The van der Waals surface area contributed by atoms with Gasteiger partial charge in [0, 0.05) is 12.1 Å². The molecule has 1 rings (SSSR count). The van der Waals surface area contributed by atoms with Gasteiger partial charge in [-0.25, -0.2) is 4.79 Å². The van der Waals surface area contributed by atoms with Crippen LogP contribution in [0.5, 0.6) is 5.75 Å². The van der Waals surface area contributed by atoms with Crippen molar-refractivity contribution in [3.63, 3.8) is 0 Å².